The zero-order valence-electron chi connectivity index (χ0n) is 11.1. The summed E-state index contributed by atoms with van der Waals surface area (Å²) in [5.41, 5.74) is 1.45. The fourth-order valence-corrected chi connectivity index (χ4v) is 2.50. The summed E-state index contributed by atoms with van der Waals surface area (Å²) in [6.07, 6.45) is 1.73. The molecular formula is C15H17BrN2O. The Morgan fingerprint density at radius 3 is 2.74 bits per heavy atom. The van der Waals surface area contributed by atoms with Crippen molar-refractivity contribution in [3.05, 3.63) is 42.1 Å². The van der Waals surface area contributed by atoms with Gasteiger partial charge in [0, 0.05) is 29.5 Å². The highest BCUT2D eigenvalue weighted by Crippen LogP contribution is 2.18. The van der Waals surface area contributed by atoms with Crippen LogP contribution >= 0.6 is 15.9 Å². The van der Waals surface area contributed by atoms with Crippen LogP contribution in [-0.2, 0) is 0 Å². The van der Waals surface area contributed by atoms with Crippen LogP contribution in [0.1, 0.15) is 24.2 Å². The maximum atomic E-state index is 12.7. The molecular weight excluding hydrogens is 304 g/mol. The smallest absolute Gasteiger partial charge is 0.256 e. The molecule has 0 saturated carbocycles. The minimum absolute atomic E-state index is 0.0405. The molecule has 2 rings (SSSR count). The van der Waals surface area contributed by atoms with Crippen molar-refractivity contribution in [1.29, 1.82) is 0 Å². The lowest BCUT2D eigenvalue weighted by Crippen LogP contribution is -2.38. The van der Waals surface area contributed by atoms with Crippen molar-refractivity contribution in [2.45, 2.75) is 19.9 Å². The lowest BCUT2D eigenvalue weighted by atomic mass is 10.1. The van der Waals surface area contributed by atoms with E-state index >= 15 is 0 Å². The van der Waals surface area contributed by atoms with Crippen LogP contribution in [0.4, 0.5) is 0 Å². The van der Waals surface area contributed by atoms with Crippen molar-refractivity contribution in [2.75, 3.05) is 11.9 Å². The summed E-state index contributed by atoms with van der Waals surface area (Å²) >= 11 is 3.40. The van der Waals surface area contributed by atoms with Gasteiger partial charge in [-0.3, -0.25) is 9.78 Å². The lowest BCUT2D eigenvalue weighted by Gasteiger charge is -2.26. The topological polar surface area (TPSA) is 33.2 Å². The van der Waals surface area contributed by atoms with Gasteiger partial charge in [-0.2, -0.15) is 0 Å². The quantitative estimate of drug-likeness (QED) is 0.808. The van der Waals surface area contributed by atoms with E-state index in [0.717, 1.165) is 16.2 Å². The van der Waals surface area contributed by atoms with Gasteiger partial charge in [0.25, 0.3) is 5.91 Å². The summed E-state index contributed by atoms with van der Waals surface area (Å²) in [4.78, 5) is 18.9. The zero-order valence-corrected chi connectivity index (χ0v) is 12.7. The number of aromatic nitrogens is 1. The molecule has 4 heteroatoms. The molecule has 1 aromatic carbocycles. The summed E-state index contributed by atoms with van der Waals surface area (Å²) < 4.78 is 0. The van der Waals surface area contributed by atoms with Crippen LogP contribution in [0.2, 0.25) is 0 Å². The molecule has 1 heterocycles. The predicted octanol–water partition coefficient (Wildman–Crippen LogP) is 3.48. The number of hydrogen-bond donors (Lipinski definition) is 0. The number of alkyl halides is 1. The average Bonchev–Trinajstić information content (AvgIpc) is 2.43. The Labute approximate surface area is 121 Å². The van der Waals surface area contributed by atoms with Crippen LogP contribution in [0.5, 0.6) is 0 Å². The Kier molecular flexibility index (Phi) is 4.53. The standard InChI is InChI=1S/C15H17BrN2O/c1-11(2)18(10-8-16)15(19)13-7-3-5-12-6-4-9-17-14(12)13/h3-7,9,11H,8,10H2,1-2H3. The molecule has 1 amide bonds. The highest BCUT2D eigenvalue weighted by atomic mass is 79.9. The third-order valence-electron chi connectivity index (χ3n) is 3.07. The van der Waals surface area contributed by atoms with E-state index in [1.165, 1.54) is 0 Å². The highest BCUT2D eigenvalue weighted by Gasteiger charge is 2.20. The second-order valence-electron chi connectivity index (χ2n) is 4.66. The number of amides is 1. The first-order valence-corrected chi connectivity index (χ1v) is 7.48. The van der Waals surface area contributed by atoms with E-state index in [4.69, 9.17) is 0 Å². The number of nitrogens with zero attached hydrogens (tertiary/aromatic N) is 2. The van der Waals surface area contributed by atoms with Gasteiger partial charge in [0.15, 0.2) is 0 Å². The number of halogens is 1. The molecule has 1 aromatic heterocycles. The Morgan fingerprint density at radius 2 is 2.05 bits per heavy atom. The van der Waals surface area contributed by atoms with Gasteiger partial charge in [0.1, 0.15) is 0 Å². The molecule has 0 aliphatic rings. The number of hydrogen-bond acceptors (Lipinski definition) is 2. The van der Waals surface area contributed by atoms with Crippen molar-refractivity contribution in [1.82, 2.24) is 9.88 Å². The second kappa shape index (κ2) is 6.15. The minimum Gasteiger partial charge on any atom is -0.335 e. The molecule has 0 aliphatic carbocycles. The number of carbonyl (C=O) groups is 1. The third-order valence-corrected chi connectivity index (χ3v) is 3.43. The molecule has 2 aromatic rings. The van der Waals surface area contributed by atoms with E-state index in [1.807, 2.05) is 49.1 Å². The summed E-state index contributed by atoms with van der Waals surface area (Å²) in [6, 6.07) is 9.76. The molecule has 19 heavy (non-hydrogen) atoms. The molecule has 0 radical (unpaired) electrons. The van der Waals surface area contributed by atoms with Crippen LogP contribution < -0.4 is 0 Å². The van der Waals surface area contributed by atoms with Crippen molar-refractivity contribution < 1.29 is 4.79 Å². The second-order valence-corrected chi connectivity index (χ2v) is 5.45. The first kappa shape index (κ1) is 14.0. The van der Waals surface area contributed by atoms with E-state index < -0.39 is 0 Å². The normalized spacial score (nSPS) is 10.9. The number of para-hydroxylation sites is 1. The van der Waals surface area contributed by atoms with Gasteiger partial charge < -0.3 is 4.90 Å². The summed E-state index contributed by atoms with van der Waals surface area (Å²) in [7, 11) is 0. The Hall–Kier alpha value is -1.42. The van der Waals surface area contributed by atoms with Gasteiger partial charge >= 0.3 is 0 Å². The number of fused-ring (bicyclic) bond motifs is 1. The molecule has 3 nitrogen and oxygen atoms in total. The molecule has 0 bridgehead atoms. The molecule has 0 unspecified atom stereocenters. The number of benzene rings is 1. The predicted molar refractivity (Wildman–Crippen MR) is 81.7 cm³/mol. The first-order chi connectivity index (χ1) is 9.15. The lowest BCUT2D eigenvalue weighted by molar-refractivity contribution is 0.0721. The fourth-order valence-electron chi connectivity index (χ4n) is 2.12. The van der Waals surface area contributed by atoms with Crippen LogP contribution in [0, 0.1) is 0 Å². The largest absolute Gasteiger partial charge is 0.335 e. The van der Waals surface area contributed by atoms with Gasteiger partial charge in [0.2, 0.25) is 0 Å². The summed E-state index contributed by atoms with van der Waals surface area (Å²) in [5, 5.41) is 1.77. The summed E-state index contributed by atoms with van der Waals surface area (Å²) in [6.45, 7) is 4.75. The van der Waals surface area contributed by atoms with Crippen LogP contribution in [0.15, 0.2) is 36.5 Å². The van der Waals surface area contributed by atoms with E-state index in [1.54, 1.807) is 6.20 Å². The maximum absolute atomic E-state index is 12.7. The minimum atomic E-state index is 0.0405. The molecule has 0 aliphatic heterocycles. The van der Waals surface area contributed by atoms with Gasteiger partial charge in [0.05, 0.1) is 11.1 Å². The van der Waals surface area contributed by atoms with Crippen molar-refractivity contribution in [2.24, 2.45) is 0 Å². The van der Waals surface area contributed by atoms with Crippen LogP contribution in [-0.4, -0.2) is 33.7 Å². The van der Waals surface area contributed by atoms with Crippen LogP contribution in [0.25, 0.3) is 10.9 Å². The van der Waals surface area contributed by atoms with Gasteiger partial charge in [-0.1, -0.05) is 34.1 Å². The van der Waals surface area contributed by atoms with Gasteiger partial charge in [-0.15, -0.1) is 0 Å². The molecule has 0 fully saturated rings. The molecule has 0 N–H and O–H groups in total. The first-order valence-electron chi connectivity index (χ1n) is 6.36. The van der Waals surface area contributed by atoms with Crippen molar-refractivity contribution >= 4 is 32.7 Å². The van der Waals surface area contributed by atoms with E-state index in [9.17, 15) is 4.79 Å². The van der Waals surface area contributed by atoms with E-state index in [2.05, 4.69) is 20.9 Å². The van der Waals surface area contributed by atoms with E-state index in [0.29, 0.717) is 12.1 Å². The van der Waals surface area contributed by atoms with Crippen molar-refractivity contribution in [3.63, 3.8) is 0 Å². The fraction of sp³-hybridized carbons (Fsp3) is 0.333. The molecule has 100 valence electrons. The molecule has 0 atom stereocenters. The monoisotopic (exact) mass is 320 g/mol. The number of rotatable bonds is 4. The number of carbonyl (C=O) groups excluding carboxylic acids is 1. The maximum Gasteiger partial charge on any atom is 0.256 e. The molecule has 0 saturated heterocycles. The third kappa shape index (κ3) is 2.95. The number of pyridine rings is 1. The average molecular weight is 321 g/mol. The van der Waals surface area contributed by atoms with Gasteiger partial charge in [-0.25, -0.2) is 0 Å². The Bertz CT molecular complexity index is 578. The highest BCUT2D eigenvalue weighted by molar-refractivity contribution is 9.09. The Balaban J connectivity index is 2.45. The van der Waals surface area contributed by atoms with Crippen molar-refractivity contribution in [3.8, 4) is 0 Å². The zero-order chi connectivity index (χ0) is 13.8. The van der Waals surface area contributed by atoms with E-state index in [-0.39, 0.29) is 11.9 Å². The molecule has 0 spiro atoms. The van der Waals surface area contributed by atoms with Crippen LogP contribution in [0.3, 0.4) is 0 Å². The summed E-state index contributed by atoms with van der Waals surface area (Å²) in [5.74, 6) is 0.0405. The SMILES string of the molecule is CC(C)N(CCBr)C(=O)c1cccc2cccnc12. The Morgan fingerprint density at radius 1 is 1.32 bits per heavy atom. The van der Waals surface area contributed by atoms with Gasteiger partial charge in [-0.05, 0) is 26.0 Å².